The molecule has 12 heteroatoms. The minimum Gasteiger partial charge on any atom is -0.506 e. The van der Waals surface area contributed by atoms with Crippen molar-refractivity contribution in [1.82, 2.24) is 4.72 Å². The van der Waals surface area contributed by atoms with Crippen LogP contribution in [0.3, 0.4) is 0 Å². The lowest BCUT2D eigenvalue weighted by atomic mass is 10.0. The van der Waals surface area contributed by atoms with Gasteiger partial charge in [0.25, 0.3) is 0 Å². The van der Waals surface area contributed by atoms with E-state index in [2.05, 4.69) is 4.72 Å². The third-order valence-corrected chi connectivity index (χ3v) is 5.97. The van der Waals surface area contributed by atoms with Gasteiger partial charge in [-0.05, 0) is 35.7 Å². The molecule has 28 heavy (non-hydrogen) atoms. The Morgan fingerprint density at radius 1 is 1.21 bits per heavy atom. The number of sulfonamides is 1. The molecule has 3 rings (SSSR count). The van der Waals surface area contributed by atoms with Crippen molar-refractivity contribution in [3.63, 3.8) is 0 Å². The van der Waals surface area contributed by atoms with E-state index in [9.17, 15) is 27.0 Å². The molecule has 0 atom stereocenters. The molecule has 0 unspecified atom stereocenters. The average molecular weight is 446 g/mol. The van der Waals surface area contributed by atoms with Gasteiger partial charge in [0.2, 0.25) is 15.9 Å². The van der Waals surface area contributed by atoms with Crippen LogP contribution in [0.15, 0.2) is 48.5 Å². The van der Waals surface area contributed by atoms with Gasteiger partial charge < -0.3 is 10.2 Å². The highest BCUT2D eigenvalue weighted by Crippen LogP contribution is 2.34. The Morgan fingerprint density at radius 2 is 1.93 bits per heavy atom. The van der Waals surface area contributed by atoms with Gasteiger partial charge in [-0.2, -0.15) is 8.42 Å². The zero-order valence-electron chi connectivity index (χ0n) is 14.4. The average Bonchev–Trinajstić information content (AvgIpc) is 2.82. The fourth-order valence-corrected chi connectivity index (χ4v) is 4.66. The Balaban J connectivity index is 1.94. The van der Waals surface area contributed by atoms with Crippen LogP contribution in [0.5, 0.6) is 5.75 Å². The first-order valence-electron chi connectivity index (χ1n) is 7.76. The summed E-state index contributed by atoms with van der Waals surface area (Å²) in [5.41, 5.74) is 1.33. The van der Waals surface area contributed by atoms with Crippen LogP contribution < -0.4 is 13.7 Å². The standard InChI is InChI=1S/C16H16ClN3O6S2/c1-27(23,24)19-16-11(3-2-4-12(16)17)7-10-5-6-13(14(21)8-10)20-9-15(22)18-28(20,25)26/h2-6,8-9,18-19,21-22H,7H2,1H3. The number of nitrogens with one attached hydrogen (secondary N) is 2. The number of benzene rings is 2. The molecule has 9 nitrogen and oxygen atoms in total. The third-order valence-electron chi connectivity index (χ3n) is 3.79. The van der Waals surface area contributed by atoms with Crippen molar-refractivity contribution in [2.24, 2.45) is 0 Å². The summed E-state index contributed by atoms with van der Waals surface area (Å²) < 4.78 is 52.0. The molecule has 1 aliphatic heterocycles. The number of nitrogens with zero attached hydrogens (tertiary/aromatic N) is 1. The van der Waals surface area contributed by atoms with Crippen LogP contribution in [0.25, 0.3) is 0 Å². The number of anilines is 2. The second-order valence-corrected chi connectivity index (χ2v) is 9.77. The third kappa shape index (κ3) is 4.26. The summed E-state index contributed by atoms with van der Waals surface area (Å²) in [6.07, 6.45) is 2.15. The summed E-state index contributed by atoms with van der Waals surface area (Å²) in [5, 5.41) is 19.9. The molecule has 0 spiro atoms. The predicted octanol–water partition coefficient (Wildman–Crippen LogP) is 2.02. The van der Waals surface area contributed by atoms with E-state index in [0.717, 1.165) is 12.5 Å². The summed E-state index contributed by atoms with van der Waals surface area (Å²) in [5.74, 6) is -0.910. The van der Waals surface area contributed by atoms with E-state index in [0.29, 0.717) is 15.4 Å². The molecule has 0 fully saturated rings. The molecule has 0 saturated carbocycles. The van der Waals surface area contributed by atoms with Crippen LogP contribution in [-0.4, -0.2) is 33.3 Å². The van der Waals surface area contributed by atoms with Crippen molar-refractivity contribution < 1.29 is 27.0 Å². The van der Waals surface area contributed by atoms with Crippen LogP contribution in [0.1, 0.15) is 11.1 Å². The Bertz CT molecular complexity index is 1180. The van der Waals surface area contributed by atoms with Crippen LogP contribution in [0, 0.1) is 0 Å². The molecule has 0 amide bonds. The van der Waals surface area contributed by atoms with Crippen molar-refractivity contribution in [2.75, 3.05) is 15.3 Å². The number of para-hydroxylation sites is 1. The van der Waals surface area contributed by atoms with E-state index in [1.54, 1.807) is 24.3 Å². The van der Waals surface area contributed by atoms with Gasteiger partial charge in [-0.25, -0.2) is 17.4 Å². The van der Waals surface area contributed by atoms with Gasteiger partial charge in [-0.1, -0.05) is 29.8 Å². The second kappa shape index (κ2) is 7.08. The quantitative estimate of drug-likeness (QED) is 0.555. The number of aliphatic hydroxyl groups is 1. The van der Waals surface area contributed by atoms with Crippen molar-refractivity contribution in [3.05, 3.63) is 64.6 Å². The largest absolute Gasteiger partial charge is 0.506 e. The molecular weight excluding hydrogens is 430 g/mol. The number of aromatic hydroxyl groups is 1. The number of phenols is 1. The zero-order chi connectivity index (χ0) is 20.7. The number of halogens is 1. The van der Waals surface area contributed by atoms with E-state index < -0.39 is 26.1 Å². The molecule has 2 aromatic carbocycles. The fourth-order valence-electron chi connectivity index (χ4n) is 2.69. The maximum Gasteiger partial charge on any atom is 0.330 e. The van der Waals surface area contributed by atoms with E-state index >= 15 is 0 Å². The highest BCUT2D eigenvalue weighted by molar-refractivity contribution is 7.92. The molecule has 0 bridgehead atoms. The van der Waals surface area contributed by atoms with E-state index in [-0.39, 0.29) is 28.6 Å². The molecule has 1 heterocycles. The molecule has 150 valence electrons. The lowest BCUT2D eigenvalue weighted by Crippen LogP contribution is -2.29. The molecular formula is C16H16ClN3O6S2. The number of rotatable bonds is 5. The Kier molecular flexibility index (Phi) is 5.08. The van der Waals surface area contributed by atoms with Gasteiger partial charge >= 0.3 is 10.2 Å². The normalized spacial score (nSPS) is 15.8. The monoisotopic (exact) mass is 445 g/mol. The van der Waals surface area contributed by atoms with Gasteiger partial charge in [0.1, 0.15) is 11.4 Å². The summed E-state index contributed by atoms with van der Waals surface area (Å²) in [6.45, 7) is 0. The number of hydrogen-bond acceptors (Lipinski definition) is 6. The molecule has 0 radical (unpaired) electrons. The van der Waals surface area contributed by atoms with Crippen LogP contribution >= 0.6 is 11.6 Å². The summed E-state index contributed by atoms with van der Waals surface area (Å²) >= 11 is 6.10. The predicted molar refractivity (Wildman–Crippen MR) is 106 cm³/mol. The summed E-state index contributed by atoms with van der Waals surface area (Å²) in [7, 11) is -7.58. The van der Waals surface area contributed by atoms with E-state index in [1.807, 2.05) is 4.72 Å². The van der Waals surface area contributed by atoms with Crippen molar-refractivity contribution in [1.29, 1.82) is 0 Å². The second-order valence-electron chi connectivity index (χ2n) is 6.07. The first-order valence-corrected chi connectivity index (χ1v) is 11.5. The van der Waals surface area contributed by atoms with Crippen molar-refractivity contribution >= 4 is 43.2 Å². The Hall–Kier alpha value is -2.63. The molecule has 1 aliphatic rings. The Labute approximate surface area is 167 Å². The summed E-state index contributed by atoms with van der Waals surface area (Å²) in [6, 6.07) is 9.17. The zero-order valence-corrected chi connectivity index (χ0v) is 16.8. The van der Waals surface area contributed by atoms with E-state index in [1.165, 1.54) is 12.1 Å². The Morgan fingerprint density at radius 3 is 2.50 bits per heavy atom. The van der Waals surface area contributed by atoms with Crippen molar-refractivity contribution in [3.8, 4) is 5.75 Å². The van der Waals surface area contributed by atoms with Gasteiger partial charge in [-0.15, -0.1) is 0 Å². The van der Waals surface area contributed by atoms with Gasteiger partial charge in [0, 0.05) is 0 Å². The number of aliphatic hydroxyl groups excluding tert-OH is 1. The van der Waals surface area contributed by atoms with Gasteiger partial charge in [0.15, 0.2) is 0 Å². The summed E-state index contributed by atoms with van der Waals surface area (Å²) in [4.78, 5) is 0. The van der Waals surface area contributed by atoms with Crippen LogP contribution in [0.2, 0.25) is 5.02 Å². The smallest absolute Gasteiger partial charge is 0.330 e. The number of phenolic OH excluding ortho intramolecular Hbond substituents is 1. The fraction of sp³-hybridized carbons (Fsp3) is 0.125. The van der Waals surface area contributed by atoms with Gasteiger partial charge in [-0.3, -0.25) is 4.72 Å². The highest BCUT2D eigenvalue weighted by atomic mass is 35.5. The molecule has 0 aromatic heterocycles. The lowest BCUT2D eigenvalue weighted by molar-refractivity contribution is 0.392. The first-order chi connectivity index (χ1) is 13.0. The molecule has 0 aliphatic carbocycles. The first kappa shape index (κ1) is 20.1. The molecule has 2 aromatic rings. The SMILES string of the molecule is CS(=O)(=O)Nc1c(Cl)cccc1Cc1ccc(N2C=C(O)NS2(=O)=O)c(O)c1. The molecule has 0 saturated heterocycles. The van der Waals surface area contributed by atoms with E-state index in [4.69, 9.17) is 11.6 Å². The highest BCUT2D eigenvalue weighted by Gasteiger charge is 2.30. The maximum atomic E-state index is 11.9. The maximum absolute atomic E-state index is 11.9. The van der Waals surface area contributed by atoms with Gasteiger partial charge in [0.05, 0.1) is 23.2 Å². The lowest BCUT2D eigenvalue weighted by Gasteiger charge is -2.17. The number of hydrogen-bond donors (Lipinski definition) is 4. The van der Waals surface area contributed by atoms with Crippen LogP contribution in [0.4, 0.5) is 11.4 Å². The van der Waals surface area contributed by atoms with Crippen LogP contribution in [-0.2, 0) is 26.7 Å². The molecule has 4 N–H and O–H groups in total. The minimum absolute atomic E-state index is 0.0547. The topological polar surface area (TPSA) is 136 Å². The van der Waals surface area contributed by atoms with Crippen molar-refractivity contribution in [2.45, 2.75) is 6.42 Å². The minimum atomic E-state index is -4.03.